The molecular weight excluding hydrogens is 308 g/mol. The van der Waals surface area contributed by atoms with Gasteiger partial charge in [0, 0.05) is 28.2 Å². The summed E-state index contributed by atoms with van der Waals surface area (Å²) in [6.45, 7) is 3.65. The van der Waals surface area contributed by atoms with E-state index in [0.717, 1.165) is 33.7 Å². The summed E-state index contributed by atoms with van der Waals surface area (Å²) in [4.78, 5) is 15.1. The summed E-state index contributed by atoms with van der Waals surface area (Å²) < 4.78 is 1.79. The van der Waals surface area contributed by atoms with E-state index in [1.54, 1.807) is 23.5 Å². The third-order valence-corrected chi connectivity index (χ3v) is 5.19. The first-order valence-electron chi connectivity index (χ1n) is 7.55. The van der Waals surface area contributed by atoms with Crippen molar-refractivity contribution in [3.05, 3.63) is 46.1 Å². The van der Waals surface area contributed by atoms with Crippen molar-refractivity contribution in [3.63, 3.8) is 0 Å². The van der Waals surface area contributed by atoms with Crippen LogP contribution in [0.4, 0.5) is 5.69 Å². The van der Waals surface area contributed by atoms with Gasteiger partial charge in [-0.1, -0.05) is 12.1 Å². The van der Waals surface area contributed by atoms with Gasteiger partial charge in [0.25, 0.3) is 0 Å². The lowest BCUT2D eigenvalue weighted by Gasteiger charge is -2.14. The van der Waals surface area contributed by atoms with E-state index in [1.165, 1.54) is 0 Å². The van der Waals surface area contributed by atoms with Crippen LogP contribution in [0.1, 0.15) is 5.56 Å². The minimum Gasteiger partial charge on any atom is -0.507 e. The summed E-state index contributed by atoms with van der Waals surface area (Å²) >= 11 is 1.55. The van der Waals surface area contributed by atoms with Crippen LogP contribution in [0.15, 0.2) is 35.1 Å². The first-order valence-corrected chi connectivity index (χ1v) is 8.37. The van der Waals surface area contributed by atoms with Crippen LogP contribution in [0.3, 0.4) is 0 Å². The second kappa shape index (κ2) is 6.18. The number of hydrogen-bond donors (Lipinski definition) is 2. The van der Waals surface area contributed by atoms with Crippen LogP contribution >= 0.6 is 11.3 Å². The molecule has 3 rings (SSSR count). The van der Waals surface area contributed by atoms with E-state index < -0.39 is 0 Å². The van der Waals surface area contributed by atoms with Gasteiger partial charge in [-0.3, -0.25) is 4.79 Å². The molecule has 1 heterocycles. The van der Waals surface area contributed by atoms with Gasteiger partial charge in [0.15, 0.2) is 0 Å². The molecule has 1 aromatic heterocycles. The molecule has 0 saturated carbocycles. The molecule has 2 N–H and O–H groups in total. The normalized spacial score (nSPS) is 11.5. The molecule has 0 aliphatic carbocycles. The summed E-state index contributed by atoms with van der Waals surface area (Å²) in [5, 5.41) is 14.5. The van der Waals surface area contributed by atoms with E-state index in [9.17, 15) is 9.90 Å². The Hall–Kier alpha value is -2.11. The van der Waals surface area contributed by atoms with Crippen molar-refractivity contribution in [2.24, 2.45) is 0 Å². The number of nitrogens with one attached hydrogen (secondary N) is 1. The molecular formula is C18H20N2O2S. The van der Waals surface area contributed by atoms with E-state index in [-0.39, 0.29) is 11.2 Å². The molecule has 3 aromatic rings. The SMILES string of the molecule is Cc1ccc(NCCN(C)C)c2c(=O)c3c(O)cccc3sc12. The molecule has 0 saturated heterocycles. The zero-order valence-electron chi connectivity index (χ0n) is 13.5. The number of likely N-dealkylation sites (N-methyl/N-ethyl adjacent to an activating group) is 1. The predicted octanol–water partition coefficient (Wildman–Crippen LogP) is 3.40. The summed E-state index contributed by atoms with van der Waals surface area (Å²) in [6, 6.07) is 9.20. The summed E-state index contributed by atoms with van der Waals surface area (Å²) in [5.41, 5.74) is 1.80. The number of benzene rings is 2. The maximum atomic E-state index is 13.0. The number of phenols is 1. The molecule has 0 amide bonds. The average Bonchev–Trinajstić information content (AvgIpc) is 2.49. The largest absolute Gasteiger partial charge is 0.507 e. The molecule has 0 bridgehead atoms. The highest BCUT2D eigenvalue weighted by Gasteiger charge is 2.14. The van der Waals surface area contributed by atoms with Gasteiger partial charge in [-0.2, -0.15) is 0 Å². The van der Waals surface area contributed by atoms with Gasteiger partial charge >= 0.3 is 0 Å². The van der Waals surface area contributed by atoms with E-state index in [2.05, 4.69) is 10.2 Å². The van der Waals surface area contributed by atoms with Crippen molar-refractivity contribution in [2.75, 3.05) is 32.5 Å². The standard InChI is InChI=1S/C18H20N2O2S/c1-11-7-8-12(19-9-10-20(2)3)15-17(22)16-13(21)5-4-6-14(16)23-18(11)15/h4-8,19,21H,9-10H2,1-3H3. The van der Waals surface area contributed by atoms with Crippen LogP contribution in [0.25, 0.3) is 20.2 Å². The fourth-order valence-corrected chi connectivity index (χ4v) is 3.87. The number of aryl methyl sites for hydroxylation is 1. The molecule has 0 aliphatic rings. The van der Waals surface area contributed by atoms with Crippen LogP contribution < -0.4 is 10.7 Å². The lowest BCUT2D eigenvalue weighted by molar-refractivity contribution is 0.425. The average molecular weight is 328 g/mol. The first-order chi connectivity index (χ1) is 11.0. The van der Waals surface area contributed by atoms with Gasteiger partial charge in [0.1, 0.15) is 5.75 Å². The molecule has 2 aromatic carbocycles. The number of fused-ring (bicyclic) bond motifs is 2. The third-order valence-electron chi connectivity index (χ3n) is 3.90. The molecule has 0 aliphatic heterocycles. The van der Waals surface area contributed by atoms with Gasteiger partial charge in [-0.15, -0.1) is 11.3 Å². The summed E-state index contributed by atoms with van der Waals surface area (Å²) in [5.74, 6) is 0.0476. The number of anilines is 1. The van der Waals surface area contributed by atoms with Crippen molar-refractivity contribution < 1.29 is 5.11 Å². The van der Waals surface area contributed by atoms with Crippen molar-refractivity contribution in [1.29, 1.82) is 0 Å². The van der Waals surface area contributed by atoms with E-state index in [0.29, 0.717) is 10.8 Å². The highest BCUT2D eigenvalue weighted by atomic mass is 32.1. The Morgan fingerprint density at radius 3 is 2.70 bits per heavy atom. The zero-order chi connectivity index (χ0) is 16.6. The van der Waals surface area contributed by atoms with E-state index in [4.69, 9.17) is 0 Å². The van der Waals surface area contributed by atoms with Crippen molar-refractivity contribution in [1.82, 2.24) is 4.90 Å². The van der Waals surface area contributed by atoms with Gasteiger partial charge in [0.05, 0.1) is 10.8 Å². The topological polar surface area (TPSA) is 52.6 Å². The number of aromatic hydroxyl groups is 1. The Bertz CT molecular complexity index is 932. The third kappa shape index (κ3) is 2.90. The predicted molar refractivity (Wildman–Crippen MR) is 99.0 cm³/mol. The molecule has 23 heavy (non-hydrogen) atoms. The first kappa shape index (κ1) is 15.8. The minimum absolute atomic E-state index is 0.0476. The van der Waals surface area contributed by atoms with Crippen molar-refractivity contribution >= 4 is 37.2 Å². The molecule has 5 heteroatoms. The van der Waals surface area contributed by atoms with Crippen LogP contribution in [0, 0.1) is 6.92 Å². The number of phenolic OH excluding ortho intramolecular Hbond substituents is 1. The Morgan fingerprint density at radius 2 is 1.96 bits per heavy atom. The fourth-order valence-electron chi connectivity index (χ4n) is 2.67. The highest BCUT2D eigenvalue weighted by molar-refractivity contribution is 7.24. The zero-order valence-corrected chi connectivity index (χ0v) is 14.3. The van der Waals surface area contributed by atoms with Gasteiger partial charge in [-0.05, 0) is 44.8 Å². The molecule has 4 nitrogen and oxygen atoms in total. The van der Waals surface area contributed by atoms with Crippen molar-refractivity contribution in [2.45, 2.75) is 6.92 Å². The maximum absolute atomic E-state index is 13.0. The maximum Gasteiger partial charge on any atom is 0.201 e. The molecule has 0 spiro atoms. The molecule has 120 valence electrons. The molecule has 0 unspecified atom stereocenters. The van der Waals surface area contributed by atoms with E-state index in [1.807, 2.05) is 39.2 Å². The van der Waals surface area contributed by atoms with Gasteiger partial charge < -0.3 is 15.3 Å². The number of nitrogens with zero attached hydrogens (tertiary/aromatic N) is 1. The fraction of sp³-hybridized carbons (Fsp3) is 0.278. The Kier molecular flexibility index (Phi) is 4.24. The Balaban J connectivity index is 2.24. The Morgan fingerprint density at radius 1 is 1.17 bits per heavy atom. The van der Waals surface area contributed by atoms with E-state index >= 15 is 0 Å². The monoisotopic (exact) mass is 328 g/mol. The molecule has 0 radical (unpaired) electrons. The van der Waals surface area contributed by atoms with Crippen LogP contribution in [0.2, 0.25) is 0 Å². The second-order valence-electron chi connectivity index (χ2n) is 5.95. The molecule has 0 fully saturated rings. The quantitative estimate of drug-likeness (QED) is 0.721. The number of rotatable bonds is 4. The number of hydrogen-bond acceptors (Lipinski definition) is 5. The van der Waals surface area contributed by atoms with Gasteiger partial charge in [-0.25, -0.2) is 0 Å². The Labute approximate surface area is 139 Å². The summed E-state index contributed by atoms with van der Waals surface area (Å²) in [6.07, 6.45) is 0. The van der Waals surface area contributed by atoms with Crippen LogP contribution in [-0.4, -0.2) is 37.2 Å². The van der Waals surface area contributed by atoms with Gasteiger partial charge in [0.2, 0.25) is 5.43 Å². The lowest BCUT2D eigenvalue weighted by atomic mass is 10.1. The molecule has 0 atom stereocenters. The second-order valence-corrected chi connectivity index (χ2v) is 7.00. The summed E-state index contributed by atoms with van der Waals surface area (Å²) in [7, 11) is 4.03. The van der Waals surface area contributed by atoms with Crippen LogP contribution in [-0.2, 0) is 0 Å². The smallest absolute Gasteiger partial charge is 0.201 e. The highest BCUT2D eigenvalue weighted by Crippen LogP contribution is 2.34. The van der Waals surface area contributed by atoms with Crippen molar-refractivity contribution in [3.8, 4) is 5.75 Å². The van der Waals surface area contributed by atoms with Crippen LogP contribution in [0.5, 0.6) is 5.75 Å². The lowest BCUT2D eigenvalue weighted by Crippen LogP contribution is -2.21. The minimum atomic E-state index is -0.108.